The molecule has 2 fully saturated rings. The van der Waals surface area contributed by atoms with Gasteiger partial charge in [-0.1, -0.05) is 81.9 Å². The Morgan fingerprint density at radius 3 is 2.26 bits per heavy atom. The van der Waals surface area contributed by atoms with E-state index in [1.54, 1.807) is 40.1 Å². The van der Waals surface area contributed by atoms with Gasteiger partial charge in [-0.2, -0.15) is 5.26 Å². The van der Waals surface area contributed by atoms with Crippen LogP contribution < -0.4 is 21.3 Å². The maximum absolute atomic E-state index is 14.2. The molecule has 2 heterocycles. The van der Waals surface area contributed by atoms with Crippen molar-refractivity contribution in [1.29, 1.82) is 5.26 Å². The Morgan fingerprint density at radius 2 is 1.56 bits per heavy atom. The van der Waals surface area contributed by atoms with Gasteiger partial charge in [-0.05, 0) is 95.1 Å². The van der Waals surface area contributed by atoms with Gasteiger partial charge < -0.3 is 75.2 Å². The molecular weight excluding hydrogens is 1280 g/mol. The number of nitrogens with zero attached hydrogens (tertiary/aromatic N) is 4. The molecule has 12 unspecified atom stereocenters. The van der Waals surface area contributed by atoms with Crippen molar-refractivity contribution in [2.24, 2.45) is 28.6 Å². The number of halogens is 1. The summed E-state index contributed by atoms with van der Waals surface area (Å²) in [6.45, 7) is 8.62. The van der Waals surface area contributed by atoms with E-state index in [1.165, 1.54) is 30.6 Å². The van der Waals surface area contributed by atoms with Crippen molar-refractivity contribution in [2.75, 3.05) is 95.9 Å². The van der Waals surface area contributed by atoms with Gasteiger partial charge in [0.15, 0.2) is 6.29 Å². The molecule has 4 amide bonds. The fourth-order valence-corrected chi connectivity index (χ4v) is 14.2. The van der Waals surface area contributed by atoms with Crippen LogP contribution in [-0.2, 0) is 62.2 Å². The number of carbonyl (C=O) groups excluding carboxylic acids is 5. The summed E-state index contributed by atoms with van der Waals surface area (Å²) in [5, 5.41) is 80.5. The minimum absolute atomic E-state index is 0.0452. The number of thioether (sulfide) groups is 2. The lowest BCUT2D eigenvalue weighted by atomic mass is 9.75. The topological polar surface area (TPSA) is 344 Å². The first kappa shape index (κ1) is 72.0. The second-order valence-corrected chi connectivity index (χ2v) is 29.3. The van der Waals surface area contributed by atoms with Gasteiger partial charge in [0.2, 0.25) is 11.8 Å². The minimum atomic E-state index is -1.64. The normalized spacial score (nSPS) is 23.7. The van der Waals surface area contributed by atoms with E-state index in [0.717, 1.165) is 48.6 Å². The first-order valence-electron chi connectivity index (χ1n) is 27.8. The molecule has 9 N–H and O–H groups in total. The summed E-state index contributed by atoms with van der Waals surface area (Å²) in [5.41, 5.74) is -0.116. The van der Waals surface area contributed by atoms with Crippen LogP contribution in [0.4, 0.5) is 9.59 Å². The van der Waals surface area contributed by atoms with Gasteiger partial charge in [-0.15, -0.1) is 28.6 Å². The quantitative estimate of drug-likeness (QED) is 0.00872. The van der Waals surface area contributed by atoms with E-state index in [4.69, 9.17) is 40.6 Å². The number of amides is 4. The minimum Gasteiger partial charge on any atom is -0.464 e. The van der Waals surface area contributed by atoms with E-state index in [9.17, 15) is 54.8 Å². The first-order chi connectivity index (χ1) is 39.1. The Morgan fingerprint density at radius 1 is 0.866 bits per heavy atom. The average Bonchev–Trinajstić information content (AvgIpc) is 4.20. The number of thiocarbonyl (C=S) groups is 1. The van der Waals surface area contributed by atoms with Crippen LogP contribution in [-0.4, -0.2) is 210 Å². The predicted molar refractivity (Wildman–Crippen MR) is 325 cm³/mol. The molecule has 4 rings (SSSR count). The lowest BCUT2D eigenvalue weighted by molar-refractivity contribution is -0.300. The Labute approximate surface area is 516 Å². The molecule has 12 atom stereocenters. The van der Waals surface area contributed by atoms with Crippen molar-refractivity contribution in [3.63, 3.8) is 0 Å². The van der Waals surface area contributed by atoms with Crippen LogP contribution >= 0.6 is 79.9 Å². The number of aryl methyl sites for hydroxylation is 1. The molecule has 0 spiro atoms. The maximum Gasteiger partial charge on any atom is 0.407 e. The van der Waals surface area contributed by atoms with Crippen LogP contribution in [0.3, 0.4) is 0 Å². The predicted octanol–water partition coefficient (Wildman–Crippen LogP) is 3.68. The molecule has 82 heavy (non-hydrogen) atoms. The number of rotatable bonds is 37. The summed E-state index contributed by atoms with van der Waals surface area (Å²) >= 11 is 10.5. The van der Waals surface area contributed by atoms with Crippen molar-refractivity contribution in [3.8, 4) is 6.07 Å². The van der Waals surface area contributed by atoms with Gasteiger partial charge in [-0.25, -0.2) is 14.3 Å². The van der Waals surface area contributed by atoms with Crippen molar-refractivity contribution in [2.45, 2.75) is 145 Å². The Bertz CT molecular complexity index is 2230. The van der Waals surface area contributed by atoms with Crippen molar-refractivity contribution in [3.05, 3.63) is 11.4 Å². The maximum atomic E-state index is 14.2. The Kier molecular flexibility index (Phi) is 32.7. The van der Waals surface area contributed by atoms with E-state index >= 15 is 0 Å². The van der Waals surface area contributed by atoms with Crippen molar-refractivity contribution < 1.29 is 77.9 Å². The molecule has 30 heteroatoms. The number of nitriles is 1. The summed E-state index contributed by atoms with van der Waals surface area (Å²) in [6.07, 6.45) is -4.21. The van der Waals surface area contributed by atoms with Crippen LogP contribution in [0.1, 0.15) is 96.9 Å². The summed E-state index contributed by atoms with van der Waals surface area (Å²) in [5.74, 6) is 2.57. The Balaban J connectivity index is 1.24. The first-order valence-corrected chi connectivity index (χ1v) is 33.8. The molecule has 1 aliphatic heterocycles. The number of alkyl carbamates (subject to hydrolysis) is 2. The van der Waals surface area contributed by atoms with Gasteiger partial charge in [0.05, 0.1) is 68.6 Å². The van der Waals surface area contributed by atoms with Gasteiger partial charge in [0, 0.05) is 55.8 Å². The molecule has 24 nitrogen and oxygen atoms in total. The van der Waals surface area contributed by atoms with E-state index in [-0.39, 0.29) is 69.7 Å². The largest absolute Gasteiger partial charge is 0.464 e. The lowest BCUT2D eigenvalue weighted by Gasteiger charge is -2.39. The summed E-state index contributed by atoms with van der Waals surface area (Å²) in [7, 11) is 4.72. The molecule has 466 valence electrons. The standard InChI is InChI=1S/C52H85IN8O16S5/c1-6-79-49(78)80-32-51(4,46(69)58-28-33(2)63)14-7-13-50(3,45(68)56-19-22-74-44-43(67)42(66)41(65)39(29-62)77-44)16-17-52(53,31-54)15-12-40(64)73-23-20-61-38-11-9-35-34(8-10-37(38)59-60-61)36(35)30-76-48(71)57-18-21-72-24-26-81-82-27-25-75-47(70)55-5/h33-36,39,41-44,62-63,65-67H,6-30,32H2,1-5H3,(H,55,70)(H,56,68)(H,57,71)(H,58,69). The highest BCUT2D eigenvalue weighted by atomic mass is 127. The van der Waals surface area contributed by atoms with Crippen molar-refractivity contribution >= 4 is 113 Å². The smallest absolute Gasteiger partial charge is 0.407 e. The molecule has 0 radical (unpaired) electrons. The molecule has 1 aromatic heterocycles. The third-order valence-corrected chi connectivity index (χ3v) is 21.4. The van der Waals surface area contributed by atoms with E-state index in [0.29, 0.717) is 85.6 Å². The summed E-state index contributed by atoms with van der Waals surface area (Å²) in [4.78, 5) is 64.6. The van der Waals surface area contributed by atoms with Crippen molar-refractivity contribution in [1.82, 2.24) is 36.3 Å². The van der Waals surface area contributed by atoms with Gasteiger partial charge >= 0.3 is 18.2 Å². The molecule has 3 aliphatic rings. The number of carbonyl (C=O) groups is 5. The summed E-state index contributed by atoms with van der Waals surface area (Å²) < 4.78 is 34.2. The molecule has 1 saturated heterocycles. The molecule has 1 aromatic rings. The molecule has 2 aliphatic carbocycles. The Hall–Kier alpha value is -2.52. The van der Waals surface area contributed by atoms with Crippen LogP contribution in [0.2, 0.25) is 0 Å². The number of fused-ring (bicyclic) bond motifs is 2. The number of esters is 1. The zero-order chi connectivity index (χ0) is 60.3. The molecule has 0 bridgehead atoms. The second-order valence-electron chi connectivity index (χ2n) is 21.1. The zero-order valence-corrected chi connectivity index (χ0v) is 53.8. The number of nitrogens with one attached hydrogen (secondary N) is 4. The molecule has 1 saturated carbocycles. The number of hydrogen-bond acceptors (Lipinski definition) is 24. The fourth-order valence-electron chi connectivity index (χ4n) is 9.64. The second kappa shape index (κ2) is 37.2. The highest BCUT2D eigenvalue weighted by molar-refractivity contribution is 14.1. The third kappa shape index (κ3) is 24.3. The molecule has 0 aromatic carbocycles. The van der Waals surface area contributed by atoms with Crippen LogP contribution in [0.5, 0.6) is 0 Å². The van der Waals surface area contributed by atoms with Crippen LogP contribution in [0.15, 0.2) is 0 Å². The number of alkyl halides is 1. The van der Waals surface area contributed by atoms with Gasteiger partial charge in [-0.3, -0.25) is 14.4 Å². The highest BCUT2D eigenvalue weighted by Crippen LogP contribution is 2.53. The number of hydrogen-bond donors (Lipinski definition) is 9. The highest BCUT2D eigenvalue weighted by Gasteiger charge is 2.50. The van der Waals surface area contributed by atoms with Crippen LogP contribution in [0, 0.1) is 39.9 Å². The average molecular weight is 1370 g/mol. The van der Waals surface area contributed by atoms with Crippen LogP contribution in [0.25, 0.3) is 0 Å². The summed E-state index contributed by atoms with van der Waals surface area (Å²) in [6, 6.07) is 2.36. The fraction of sp³-hybridized carbons (Fsp3) is 0.827. The number of ether oxygens (including phenoxy) is 6. The van der Waals surface area contributed by atoms with Gasteiger partial charge in [0.25, 0.3) is 0 Å². The van der Waals surface area contributed by atoms with Gasteiger partial charge in [0.1, 0.15) is 44.6 Å². The monoisotopic (exact) mass is 1360 g/mol. The number of aromatic nitrogens is 3. The molecular formula is C52H85IN8O16S5. The SMILES string of the molecule is CCSC(=S)SCC(C)(CCCC(C)(CCC(I)(C#N)CCC(=O)OCCn1nnc2c1CCC1C(CC2)C1COC(=O)NCCOCCSSCCOC(=O)NC)C(=O)NCCOC1OC(CO)C(O)C(O)C1O)C(=O)NCC(C)O. The number of aliphatic hydroxyl groups excluding tert-OH is 5. The third-order valence-electron chi connectivity index (χ3n) is 14.7. The zero-order valence-electron chi connectivity index (χ0n) is 47.5. The number of aliphatic hydroxyl groups is 5. The van der Waals surface area contributed by atoms with E-state index < -0.39 is 75.8 Å². The van der Waals surface area contributed by atoms with E-state index in [1.807, 2.05) is 36.4 Å². The van der Waals surface area contributed by atoms with E-state index in [2.05, 4.69) is 37.6 Å². The lowest BCUT2D eigenvalue weighted by Crippen LogP contribution is -2.59.